The number of hydrogen-bond donors (Lipinski definition) is 0. The Kier molecular flexibility index (Phi) is 5.31. The molecule has 2 fully saturated rings. The molecule has 3 heterocycles. The van der Waals surface area contributed by atoms with E-state index in [0.29, 0.717) is 6.04 Å². The molecule has 2 aliphatic heterocycles. The second kappa shape index (κ2) is 7.25. The molecule has 1 amide bonds. The Bertz CT molecular complexity index is 548. The van der Waals surface area contributed by atoms with Gasteiger partial charge in [0, 0.05) is 44.7 Å². The maximum absolute atomic E-state index is 11.8. The highest BCUT2D eigenvalue weighted by Gasteiger charge is 2.44. The zero-order valence-corrected chi connectivity index (χ0v) is 14.8. The molecular formula is C16H25N3O3S. The molecule has 6 nitrogen and oxygen atoms in total. The van der Waals surface area contributed by atoms with Crippen LogP contribution >= 0.6 is 11.3 Å². The first-order valence-electron chi connectivity index (χ1n) is 8.12. The highest BCUT2D eigenvalue weighted by molar-refractivity contribution is 7.09. The van der Waals surface area contributed by atoms with Crippen LogP contribution in [0, 0.1) is 6.92 Å². The van der Waals surface area contributed by atoms with E-state index in [1.54, 1.807) is 30.3 Å². The van der Waals surface area contributed by atoms with Gasteiger partial charge in [-0.2, -0.15) is 0 Å². The summed E-state index contributed by atoms with van der Waals surface area (Å²) in [6.45, 7) is 4.67. The van der Waals surface area contributed by atoms with Crippen molar-refractivity contribution in [3.63, 3.8) is 0 Å². The van der Waals surface area contributed by atoms with Crippen LogP contribution in [0.1, 0.15) is 23.4 Å². The number of ether oxygens (including phenoxy) is 2. The Morgan fingerprint density at radius 2 is 2.39 bits per heavy atom. The minimum atomic E-state index is -0.0302. The lowest BCUT2D eigenvalue weighted by Crippen LogP contribution is -2.42. The van der Waals surface area contributed by atoms with E-state index in [0.717, 1.165) is 38.2 Å². The molecule has 0 aromatic carbocycles. The van der Waals surface area contributed by atoms with Crippen molar-refractivity contribution in [3.05, 3.63) is 16.1 Å². The first-order valence-corrected chi connectivity index (χ1v) is 9.00. The lowest BCUT2D eigenvalue weighted by Gasteiger charge is -2.32. The molecule has 128 valence electrons. The average Bonchev–Trinajstić information content (AvgIpc) is 3.10. The molecule has 7 heteroatoms. The molecular weight excluding hydrogens is 314 g/mol. The van der Waals surface area contributed by atoms with Crippen LogP contribution in [0.25, 0.3) is 0 Å². The van der Waals surface area contributed by atoms with Gasteiger partial charge in [0.2, 0.25) is 5.91 Å². The maximum atomic E-state index is 11.8. The number of carbonyl (C=O) groups excluding carboxylic acids is 1. The third-order valence-electron chi connectivity index (χ3n) is 4.69. The minimum absolute atomic E-state index is 0.00545. The molecule has 0 saturated carbocycles. The summed E-state index contributed by atoms with van der Waals surface area (Å²) in [5, 5.41) is 0. The summed E-state index contributed by atoms with van der Waals surface area (Å²) in [4.78, 5) is 21.4. The quantitative estimate of drug-likeness (QED) is 0.809. The van der Waals surface area contributed by atoms with Gasteiger partial charge in [0.1, 0.15) is 12.7 Å². The van der Waals surface area contributed by atoms with Crippen molar-refractivity contribution in [2.24, 2.45) is 0 Å². The number of likely N-dealkylation sites (N-methyl/N-ethyl adjacent to an activating group) is 1. The number of aromatic nitrogens is 1. The van der Waals surface area contributed by atoms with Crippen LogP contribution in [0.3, 0.4) is 0 Å². The van der Waals surface area contributed by atoms with Gasteiger partial charge in [-0.1, -0.05) is 0 Å². The van der Waals surface area contributed by atoms with Crippen molar-refractivity contribution in [1.82, 2.24) is 14.8 Å². The van der Waals surface area contributed by atoms with Crippen molar-refractivity contribution in [3.8, 4) is 0 Å². The van der Waals surface area contributed by atoms with E-state index in [-0.39, 0.29) is 24.7 Å². The molecule has 0 bridgehead atoms. The van der Waals surface area contributed by atoms with E-state index in [2.05, 4.69) is 16.8 Å². The standard InChI is InChI=1S/C16H25N3O3S/c1-11-14(23-10-17-11)8-19-7-13(22-9-15(20)18(2)3)16-12(19)5-4-6-21-16/h10,12-13,16H,4-9H2,1-3H3/t12-,13-,16+/m1/s1. The van der Waals surface area contributed by atoms with Gasteiger partial charge in [-0.15, -0.1) is 11.3 Å². The normalized spacial score (nSPS) is 27.9. The van der Waals surface area contributed by atoms with Crippen molar-refractivity contribution in [1.29, 1.82) is 0 Å². The molecule has 0 unspecified atom stereocenters. The van der Waals surface area contributed by atoms with E-state index in [9.17, 15) is 4.79 Å². The molecule has 2 aliphatic rings. The molecule has 0 N–H and O–H groups in total. The molecule has 3 atom stereocenters. The number of thiazole rings is 1. The van der Waals surface area contributed by atoms with Gasteiger partial charge in [-0.25, -0.2) is 4.98 Å². The number of carbonyl (C=O) groups is 1. The highest BCUT2D eigenvalue weighted by atomic mass is 32.1. The van der Waals surface area contributed by atoms with Crippen LogP contribution in [0.2, 0.25) is 0 Å². The molecule has 1 aromatic rings. The van der Waals surface area contributed by atoms with Crippen LogP contribution in [-0.2, 0) is 20.8 Å². The maximum Gasteiger partial charge on any atom is 0.248 e. The Labute approximate surface area is 141 Å². The van der Waals surface area contributed by atoms with Gasteiger partial charge in [-0.05, 0) is 19.8 Å². The number of fused-ring (bicyclic) bond motifs is 1. The van der Waals surface area contributed by atoms with Gasteiger partial charge in [0.25, 0.3) is 0 Å². The molecule has 0 aliphatic carbocycles. The SMILES string of the molecule is Cc1ncsc1CN1C[C@@H](OCC(=O)N(C)C)[C@H]2OCCC[C@H]21. The summed E-state index contributed by atoms with van der Waals surface area (Å²) in [6.07, 6.45) is 2.26. The van der Waals surface area contributed by atoms with Crippen molar-refractivity contribution in [2.45, 2.75) is 44.6 Å². The Morgan fingerprint density at radius 3 is 3.09 bits per heavy atom. The third kappa shape index (κ3) is 3.74. The molecule has 1 aromatic heterocycles. The molecule has 2 saturated heterocycles. The predicted octanol–water partition coefficient (Wildman–Crippen LogP) is 1.29. The van der Waals surface area contributed by atoms with Crippen molar-refractivity contribution < 1.29 is 14.3 Å². The number of nitrogens with zero attached hydrogens (tertiary/aromatic N) is 3. The second-order valence-corrected chi connectivity index (χ2v) is 7.41. The van der Waals surface area contributed by atoms with Crippen LogP contribution in [-0.4, -0.2) is 72.8 Å². The zero-order chi connectivity index (χ0) is 16.4. The second-order valence-electron chi connectivity index (χ2n) is 6.47. The van der Waals surface area contributed by atoms with E-state index in [1.165, 1.54) is 4.88 Å². The topological polar surface area (TPSA) is 54.9 Å². The summed E-state index contributed by atoms with van der Waals surface area (Å²) in [6, 6.07) is 0.379. The van der Waals surface area contributed by atoms with Crippen LogP contribution in [0.5, 0.6) is 0 Å². The summed E-state index contributed by atoms with van der Waals surface area (Å²) in [5.74, 6) is -0.00545. The third-order valence-corrected chi connectivity index (χ3v) is 5.61. The zero-order valence-electron chi connectivity index (χ0n) is 14.0. The average molecular weight is 339 g/mol. The van der Waals surface area contributed by atoms with Crippen LogP contribution in [0.15, 0.2) is 5.51 Å². The van der Waals surface area contributed by atoms with Gasteiger partial charge >= 0.3 is 0 Å². The van der Waals surface area contributed by atoms with Gasteiger partial charge in [0.05, 0.1) is 17.3 Å². The molecule has 0 spiro atoms. The van der Waals surface area contributed by atoms with Gasteiger partial charge in [0.15, 0.2) is 0 Å². The van der Waals surface area contributed by atoms with Crippen molar-refractivity contribution >= 4 is 17.2 Å². The minimum Gasteiger partial charge on any atom is -0.374 e. The van der Waals surface area contributed by atoms with E-state index in [4.69, 9.17) is 9.47 Å². The number of amides is 1. The van der Waals surface area contributed by atoms with Crippen molar-refractivity contribution in [2.75, 3.05) is 33.9 Å². The summed E-state index contributed by atoms with van der Waals surface area (Å²) >= 11 is 1.70. The first kappa shape index (κ1) is 16.8. The summed E-state index contributed by atoms with van der Waals surface area (Å²) in [7, 11) is 3.50. The lowest BCUT2D eigenvalue weighted by atomic mass is 10.0. The molecule has 3 rings (SSSR count). The fourth-order valence-corrected chi connectivity index (χ4v) is 4.10. The Balaban J connectivity index is 1.65. The first-order chi connectivity index (χ1) is 11.1. The Morgan fingerprint density at radius 1 is 1.57 bits per heavy atom. The fraction of sp³-hybridized carbons (Fsp3) is 0.750. The van der Waals surface area contributed by atoms with Gasteiger partial charge < -0.3 is 14.4 Å². The van der Waals surface area contributed by atoms with Crippen LogP contribution in [0.4, 0.5) is 0 Å². The monoisotopic (exact) mass is 339 g/mol. The largest absolute Gasteiger partial charge is 0.374 e. The molecule has 0 radical (unpaired) electrons. The molecule has 23 heavy (non-hydrogen) atoms. The number of rotatable bonds is 5. The lowest BCUT2D eigenvalue weighted by molar-refractivity contribution is -0.139. The fourth-order valence-electron chi connectivity index (χ4n) is 3.30. The van der Waals surface area contributed by atoms with E-state index >= 15 is 0 Å². The predicted molar refractivity (Wildman–Crippen MR) is 88.5 cm³/mol. The summed E-state index contributed by atoms with van der Waals surface area (Å²) in [5.41, 5.74) is 3.01. The van der Waals surface area contributed by atoms with Crippen LogP contribution < -0.4 is 0 Å². The smallest absolute Gasteiger partial charge is 0.248 e. The highest BCUT2D eigenvalue weighted by Crippen LogP contribution is 2.32. The number of aryl methyl sites for hydroxylation is 1. The van der Waals surface area contributed by atoms with E-state index < -0.39 is 0 Å². The number of hydrogen-bond acceptors (Lipinski definition) is 6. The van der Waals surface area contributed by atoms with Gasteiger partial charge in [-0.3, -0.25) is 9.69 Å². The number of likely N-dealkylation sites (tertiary alicyclic amines) is 1. The Hall–Kier alpha value is -1.02. The summed E-state index contributed by atoms with van der Waals surface area (Å²) < 4.78 is 11.9. The van der Waals surface area contributed by atoms with E-state index in [1.807, 2.05) is 5.51 Å².